The molecule has 0 atom stereocenters. The van der Waals surface area contributed by atoms with E-state index in [4.69, 9.17) is 9.47 Å². The van der Waals surface area contributed by atoms with Gasteiger partial charge in [-0.1, -0.05) is 36.4 Å². The highest BCUT2D eigenvalue weighted by Gasteiger charge is 2.07. The van der Waals surface area contributed by atoms with Crippen molar-refractivity contribution in [3.63, 3.8) is 0 Å². The molecule has 0 aliphatic heterocycles. The largest absolute Gasteiger partial charge is 0.497 e. The first kappa shape index (κ1) is 13.9. The third-order valence-electron chi connectivity index (χ3n) is 2.86. The van der Waals surface area contributed by atoms with Gasteiger partial charge in [0.1, 0.15) is 11.5 Å². The van der Waals surface area contributed by atoms with Crippen molar-refractivity contribution in [2.45, 2.75) is 0 Å². The van der Waals surface area contributed by atoms with Gasteiger partial charge in [-0.05, 0) is 23.8 Å². The zero-order valence-corrected chi connectivity index (χ0v) is 11.5. The third-order valence-corrected chi connectivity index (χ3v) is 2.86. The van der Waals surface area contributed by atoms with E-state index >= 15 is 0 Å². The standard InChI is InChI=1S/C17H16O3/c1-19-15-10-14(11-16(12-15)20-2)17(18)9-8-13-6-4-3-5-7-13/h3-12H,1-2H3. The van der Waals surface area contributed by atoms with Crippen LogP contribution >= 0.6 is 0 Å². The zero-order chi connectivity index (χ0) is 14.4. The van der Waals surface area contributed by atoms with Crippen molar-refractivity contribution in [2.75, 3.05) is 14.2 Å². The number of hydrogen-bond donors (Lipinski definition) is 0. The van der Waals surface area contributed by atoms with E-state index in [0.29, 0.717) is 17.1 Å². The first-order valence-corrected chi connectivity index (χ1v) is 6.23. The van der Waals surface area contributed by atoms with Gasteiger partial charge in [-0.15, -0.1) is 0 Å². The van der Waals surface area contributed by atoms with Crippen LogP contribution in [0.4, 0.5) is 0 Å². The Morgan fingerprint density at radius 3 is 2.10 bits per heavy atom. The summed E-state index contributed by atoms with van der Waals surface area (Å²) in [7, 11) is 3.12. The van der Waals surface area contributed by atoms with Gasteiger partial charge in [-0.3, -0.25) is 4.79 Å². The number of rotatable bonds is 5. The summed E-state index contributed by atoms with van der Waals surface area (Å²) in [6.07, 6.45) is 3.33. The van der Waals surface area contributed by atoms with Crippen molar-refractivity contribution >= 4 is 11.9 Å². The summed E-state index contributed by atoms with van der Waals surface area (Å²) in [4.78, 5) is 12.2. The van der Waals surface area contributed by atoms with Crippen LogP contribution in [0.25, 0.3) is 6.08 Å². The molecule has 0 aliphatic rings. The molecular weight excluding hydrogens is 252 g/mol. The number of benzene rings is 2. The fourth-order valence-electron chi connectivity index (χ4n) is 1.78. The highest BCUT2D eigenvalue weighted by molar-refractivity contribution is 6.07. The Balaban J connectivity index is 2.23. The quantitative estimate of drug-likeness (QED) is 0.614. The summed E-state index contributed by atoms with van der Waals surface area (Å²) in [6.45, 7) is 0. The van der Waals surface area contributed by atoms with Crippen LogP contribution in [0.5, 0.6) is 11.5 Å². The summed E-state index contributed by atoms with van der Waals surface area (Å²) in [6, 6.07) is 14.8. The lowest BCUT2D eigenvalue weighted by atomic mass is 10.1. The minimum Gasteiger partial charge on any atom is -0.497 e. The van der Waals surface area contributed by atoms with Gasteiger partial charge in [0.25, 0.3) is 0 Å². The minimum absolute atomic E-state index is 0.0916. The zero-order valence-electron chi connectivity index (χ0n) is 11.5. The number of methoxy groups -OCH3 is 2. The van der Waals surface area contributed by atoms with Crippen molar-refractivity contribution in [3.05, 3.63) is 65.7 Å². The first-order chi connectivity index (χ1) is 9.72. The van der Waals surface area contributed by atoms with Gasteiger partial charge in [0.05, 0.1) is 14.2 Å². The van der Waals surface area contributed by atoms with Crippen LogP contribution in [0.3, 0.4) is 0 Å². The third kappa shape index (κ3) is 3.48. The molecule has 2 aromatic rings. The van der Waals surface area contributed by atoms with E-state index in [2.05, 4.69) is 0 Å². The highest BCUT2D eigenvalue weighted by Crippen LogP contribution is 2.23. The van der Waals surface area contributed by atoms with Gasteiger partial charge in [0, 0.05) is 11.6 Å². The van der Waals surface area contributed by atoms with E-state index in [1.807, 2.05) is 30.3 Å². The summed E-state index contributed by atoms with van der Waals surface area (Å²) in [5.74, 6) is 1.10. The Morgan fingerprint density at radius 1 is 0.950 bits per heavy atom. The van der Waals surface area contributed by atoms with Crippen molar-refractivity contribution in [1.29, 1.82) is 0 Å². The molecule has 0 bridgehead atoms. The van der Waals surface area contributed by atoms with Crippen molar-refractivity contribution in [1.82, 2.24) is 0 Å². The fourth-order valence-corrected chi connectivity index (χ4v) is 1.78. The van der Waals surface area contributed by atoms with Crippen molar-refractivity contribution in [2.24, 2.45) is 0 Å². The summed E-state index contributed by atoms with van der Waals surface area (Å²) >= 11 is 0. The predicted octanol–water partition coefficient (Wildman–Crippen LogP) is 3.60. The highest BCUT2D eigenvalue weighted by atomic mass is 16.5. The molecule has 20 heavy (non-hydrogen) atoms. The molecule has 2 aromatic carbocycles. The van der Waals surface area contributed by atoms with Crippen LogP contribution in [-0.2, 0) is 0 Å². The Bertz CT molecular complexity index is 593. The van der Waals surface area contributed by atoms with Crippen LogP contribution in [0.15, 0.2) is 54.6 Å². The molecule has 0 radical (unpaired) electrons. The Labute approximate surface area is 118 Å². The average Bonchev–Trinajstić information content (AvgIpc) is 2.52. The smallest absolute Gasteiger partial charge is 0.186 e. The van der Waals surface area contributed by atoms with Gasteiger partial charge in [0.2, 0.25) is 0 Å². The number of ketones is 1. The SMILES string of the molecule is COc1cc(OC)cc(C(=O)C=Cc2ccccc2)c1. The number of hydrogen-bond acceptors (Lipinski definition) is 3. The Kier molecular flexibility index (Phi) is 4.56. The van der Waals surface area contributed by atoms with Crippen molar-refractivity contribution in [3.8, 4) is 11.5 Å². The second kappa shape index (κ2) is 6.57. The van der Waals surface area contributed by atoms with E-state index < -0.39 is 0 Å². The summed E-state index contributed by atoms with van der Waals surface area (Å²) in [5.41, 5.74) is 1.52. The van der Waals surface area contributed by atoms with Crippen LogP contribution in [0, 0.1) is 0 Å². The summed E-state index contributed by atoms with van der Waals surface area (Å²) < 4.78 is 10.3. The molecule has 0 N–H and O–H groups in total. The molecular formula is C17H16O3. The molecule has 3 heteroatoms. The van der Waals surface area contributed by atoms with Gasteiger partial charge in [0.15, 0.2) is 5.78 Å². The molecule has 0 unspecified atom stereocenters. The molecule has 0 spiro atoms. The lowest BCUT2D eigenvalue weighted by Crippen LogP contribution is -1.97. The van der Waals surface area contributed by atoms with Crippen LogP contribution < -0.4 is 9.47 Å². The molecule has 0 heterocycles. The predicted molar refractivity (Wildman–Crippen MR) is 79.4 cm³/mol. The first-order valence-electron chi connectivity index (χ1n) is 6.23. The van der Waals surface area contributed by atoms with E-state index in [-0.39, 0.29) is 5.78 Å². The summed E-state index contributed by atoms with van der Waals surface area (Å²) in [5, 5.41) is 0. The molecule has 0 fully saturated rings. The molecule has 0 amide bonds. The second-order valence-corrected chi connectivity index (χ2v) is 4.21. The van der Waals surface area contributed by atoms with Gasteiger partial charge < -0.3 is 9.47 Å². The maximum absolute atomic E-state index is 12.2. The topological polar surface area (TPSA) is 35.5 Å². The Hall–Kier alpha value is -2.55. The Morgan fingerprint density at radius 2 is 1.55 bits per heavy atom. The number of allylic oxidation sites excluding steroid dienone is 1. The molecule has 0 saturated heterocycles. The lowest BCUT2D eigenvalue weighted by Gasteiger charge is -2.06. The van der Waals surface area contributed by atoms with Crippen LogP contribution in [0.2, 0.25) is 0 Å². The van der Waals surface area contributed by atoms with E-state index in [1.165, 1.54) is 0 Å². The van der Waals surface area contributed by atoms with Crippen LogP contribution in [-0.4, -0.2) is 20.0 Å². The normalized spacial score (nSPS) is 10.5. The second-order valence-electron chi connectivity index (χ2n) is 4.21. The van der Waals surface area contributed by atoms with Crippen LogP contribution in [0.1, 0.15) is 15.9 Å². The van der Waals surface area contributed by atoms with E-state index in [0.717, 1.165) is 5.56 Å². The monoisotopic (exact) mass is 268 g/mol. The molecule has 2 rings (SSSR count). The minimum atomic E-state index is -0.0916. The molecule has 0 saturated carbocycles. The molecule has 3 nitrogen and oxygen atoms in total. The number of carbonyl (C=O) groups is 1. The molecule has 102 valence electrons. The van der Waals surface area contributed by atoms with Gasteiger partial charge >= 0.3 is 0 Å². The molecule has 0 aromatic heterocycles. The fraction of sp³-hybridized carbons (Fsp3) is 0.118. The number of carbonyl (C=O) groups excluding carboxylic acids is 1. The lowest BCUT2D eigenvalue weighted by molar-refractivity contribution is 0.104. The van der Waals surface area contributed by atoms with E-state index in [1.54, 1.807) is 44.6 Å². The van der Waals surface area contributed by atoms with Gasteiger partial charge in [-0.25, -0.2) is 0 Å². The maximum atomic E-state index is 12.2. The number of ether oxygens (including phenoxy) is 2. The van der Waals surface area contributed by atoms with Crippen molar-refractivity contribution < 1.29 is 14.3 Å². The van der Waals surface area contributed by atoms with Gasteiger partial charge in [-0.2, -0.15) is 0 Å². The average molecular weight is 268 g/mol. The maximum Gasteiger partial charge on any atom is 0.186 e. The molecule has 0 aliphatic carbocycles. The van der Waals surface area contributed by atoms with E-state index in [9.17, 15) is 4.79 Å².